The molecule has 0 unspecified atom stereocenters. The maximum atomic E-state index is 13.0. The molecular weight excluding hydrogens is 240 g/mol. The lowest BCUT2D eigenvalue weighted by Gasteiger charge is -2.06. The fourth-order valence-electron chi connectivity index (χ4n) is 0.914. The van der Waals surface area contributed by atoms with Crippen molar-refractivity contribution < 1.29 is 18.0 Å². The highest BCUT2D eigenvalue weighted by Crippen LogP contribution is 2.32. The minimum atomic E-state index is -1.61. The van der Waals surface area contributed by atoms with E-state index in [1.54, 1.807) is 0 Å². The number of carbonyl (C=O) groups excluding carboxylic acids is 1. The van der Waals surface area contributed by atoms with Crippen molar-refractivity contribution in [2.45, 2.75) is 6.92 Å². The number of carbonyl (C=O) groups is 1. The second-order valence-electron chi connectivity index (χ2n) is 2.50. The zero-order chi connectivity index (χ0) is 11.0. The highest BCUT2D eigenvalue weighted by molar-refractivity contribution is 6.37. The summed E-state index contributed by atoms with van der Waals surface area (Å²) >= 11 is 10.4. The number of ketones is 1. The molecule has 0 N–H and O–H groups in total. The summed E-state index contributed by atoms with van der Waals surface area (Å²) in [6, 6.07) is 0. The van der Waals surface area contributed by atoms with Crippen LogP contribution in [0.1, 0.15) is 17.3 Å². The zero-order valence-electron chi connectivity index (χ0n) is 6.80. The van der Waals surface area contributed by atoms with Crippen molar-refractivity contribution >= 4 is 29.0 Å². The summed E-state index contributed by atoms with van der Waals surface area (Å²) in [5.41, 5.74) is -0.828. The van der Waals surface area contributed by atoms with Crippen molar-refractivity contribution in [1.82, 2.24) is 0 Å². The van der Waals surface area contributed by atoms with Gasteiger partial charge in [0.25, 0.3) is 0 Å². The van der Waals surface area contributed by atoms with E-state index in [1.165, 1.54) is 0 Å². The molecule has 6 heteroatoms. The smallest absolute Gasteiger partial charge is 0.181 e. The van der Waals surface area contributed by atoms with Gasteiger partial charge in [0.15, 0.2) is 23.2 Å². The van der Waals surface area contributed by atoms with Crippen LogP contribution in [0.5, 0.6) is 0 Å². The molecule has 0 saturated heterocycles. The van der Waals surface area contributed by atoms with E-state index in [2.05, 4.69) is 0 Å². The van der Waals surface area contributed by atoms with Gasteiger partial charge < -0.3 is 0 Å². The van der Waals surface area contributed by atoms with Crippen LogP contribution in [0.3, 0.4) is 0 Å². The van der Waals surface area contributed by atoms with Crippen LogP contribution in [0.4, 0.5) is 13.2 Å². The molecule has 14 heavy (non-hydrogen) atoms. The molecule has 0 aliphatic carbocycles. The van der Waals surface area contributed by atoms with Gasteiger partial charge in [-0.1, -0.05) is 23.2 Å². The highest BCUT2D eigenvalue weighted by atomic mass is 35.5. The number of rotatable bonds is 1. The molecule has 0 spiro atoms. The molecule has 76 valence electrons. The van der Waals surface area contributed by atoms with Crippen molar-refractivity contribution in [3.63, 3.8) is 0 Å². The molecule has 1 rings (SSSR count). The van der Waals surface area contributed by atoms with E-state index in [1.807, 2.05) is 0 Å². The predicted molar refractivity (Wildman–Crippen MR) is 46.3 cm³/mol. The fourth-order valence-corrected chi connectivity index (χ4v) is 1.45. The summed E-state index contributed by atoms with van der Waals surface area (Å²) in [5.74, 6) is -5.35. The zero-order valence-corrected chi connectivity index (χ0v) is 8.31. The number of hydrogen-bond acceptors (Lipinski definition) is 1. The van der Waals surface area contributed by atoms with Crippen LogP contribution < -0.4 is 0 Å². The van der Waals surface area contributed by atoms with Crippen LogP contribution in [0.25, 0.3) is 0 Å². The fraction of sp³-hybridized carbons (Fsp3) is 0.125. The first-order valence-corrected chi connectivity index (χ1v) is 4.15. The van der Waals surface area contributed by atoms with E-state index in [4.69, 9.17) is 23.2 Å². The minimum Gasteiger partial charge on any atom is -0.294 e. The maximum Gasteiger partial charge on any atom is 0.181 e. The number of halogens is 5. The normalized spacial score (nSPS) is 10.4. The van der Waals surface area contributed by atoms with Crippen molar-refractivity contribution in [3.05, 3.63) is 33.1 Å². The molecule has 1 nitrogen and oxygen atoms in total. The van der Waals surface area contributed by atoms with Crippen LogP contribution in [0.2, 0.25) is 10.0 Å². The van der Waals surface area contributed by atoms with Crippen LogP contribution in [0.15, 0.2) is 0 Å². The minimum absolute atomic E-state index is 0.804. The van der Waals surface area contributed by atoms with E-state index in [0.717, 1.165) is 6.92 Å². The van der Waals surface area contributed by atoms with Gasteiger partial charge in [-0.3, -0.25) is 4.79 Å². The third-order valence-corrected chi connectivity index (χ3v) is 2.25. The highest BCUT2D eigenvalue weighted by Gasteiger charge is 2.25. The van der Waals surface area contributed by atoms with Gasteiger partial charge in [0, 0.05) is 0 Å². The molecule has 0 aliphatic rings. The first-order chi connectivity index (χ1) is 6.37. The quantitative estimate of drug-likeness (QED) is 0.418. The summed E-state index contributed by atoms with van der Waals surface area (Å²) in [4.78, 5) is 10.8. The number of benzene rings is 1. The third kappa shape index (κ3) is 1.60. The molecule has 0 saturated carbocycles. The Balaban J connectivity index is 3.68. The molecule has 0 fully saturated rings. The van der Waals surface area contributed by atoms with Gasteiger partial charge >= 0.3 is 0 Å². The molecule has 1 aromatic carbocycles. The van der Waals surface area contributed by atoms with Crippen molar-refractivity contribution in [3.8, 4) is 0 Å². The summed E-state index contributed by atoms with van der Waals surface area (Å²) in [6.45, 7) is 0.942. The van der Waals surface area contributed by atoms with Crippen molar-refractivity contribution in [2.75, 3.05) is 0 Å². The first-order valence-electron chi connectivity index (χ1n) is 3.40. The van der Waals surface area contributed by atoms with Gasteiger partial charge in [-0.2, -0.15) is 0 Å². The Bertz CT molecular complexity index is 389. The van der Waals surface area contributed by atoms with E-state index >= 15 is 0 Å². The van der Waals surface area contributed by atoms with Crippen LogP contribution in [-0.2, 0) is 0 Å². The second kappa shape index (κ2) is 3.79. The number of hydrogen-bond donors (Lipinski definition) is 0. The number of Topliss-reactive ketones (excluding diaryl/α,β-unsaturated/α-hetero) is 1. The summed E-state index contributed by atoms with van der Waals surface area (Å²) in [5, 5.41) is -1.86. The standard InChI is InChI=1S/C8H3Cl2F3O/c1-2(14)3-4(9)7(12)5(10)8(13)6(3)11/h1H3. The van der Waals surface area contributed by atoms with Gasteiger partial charge in [-0.25, -0.2) is 13.2 Å². The van der Waals surface area contributed by atoms with Gasteiger partial charge in [0.1, 0.15) is 5.02 Å². The topological polar surface area (TPSA) is 17.1 Å². The molecule has 1 aromatic rings. The lowest BCUT2D eigenvalue weighted by molar-refractivity contribution is 0.101. The van der Waals surface area contributed by atoms with Gasteiger partial charge in [-0.05, 0) is 6.92 Å². The Morgan fingerprint density at radius 1 is 1.00 bits per heavy atom. The van der Waals surface area contributed by atoms with Crippen LogP contribution in [0, 0.1) is 17.5 Å². The Morgan fingerprint density at radius 2 is 1.50 bits per heavy atom. The Kier molecular flexibility index (Phi) is 3.07. The second-order valence-corrected chi connectivity index (χ2v) is 3.26. The third-order valence-electron chi connectivity index (χ3n) is 1.56. The van der Waals surface area contributed by atoms with E-state index in [0.29, 0.717) is 0 Å². The molecule has 0 heterocycles. The van der Waals surface area contributed by atoms with E-state index < -0.39 is 38.8 Å². The van der Waals surface area contributed by atoms with Crippen LogP contribution >= 0.6 is 23.2 Å². The predicted octanol–water partition coefficient (Wildman–Crippen LogP) is 3.61. The van der Waals surface area contributed by atoms with Gasteiger partial charge in [-0.15, -0.1) is 0 Å². The Morgan fingerprint density at radius 3 is 1.93 bits per heavy atom. The molecule has 0 atom stereocenters. The lowest BCUT2D eigenvalue weighted by atomic mass is 10.1. The first kappa shape index (κ1) is 11.3. The van der Waals surface area contributed by atoms with Gasteiger partial charge in [0.05, 0.1) is 10.6 Å². The molecule has 0 radical (unpaired) electrons. The molecular formula is C8H3Cl2F3O. The molecule has 0 aliphatic heterocycles. The average molecular weight is 243 g/mol. The van der Waals surface area contributed by atoms with Crippen molar-refractivity contribution in [2.24, 2.45) is 0 Å². The summed E-state index contributed by atoms with van der Waals surface area (Å²) in [7, 11) is 0. The monoisotopic (exact) mass is 242 g/mol. The molecule has 0 aromatic heterocycles. The summed E-state index contributed by atoms with van der Waals surface area (Å²) < 4.78 is 38.8. The van der Waals surface area contributed by atoms with Gasteiger partial charge in [0.2, 0.25) is 0 Å². The Labute approximate surface area is 87.4 Å². The van der Waals surface area contributed by atoms with E-state index in [-0.39, 0.29) is 0 Å². The summed E-state index contributed by atoms with van der Waals surface area (Å²) in [6.07, 6.45) is 0. The molecule has 0 bridgehead atoms. The van der Waals surface area contributed by atoms with Crippen LogP contribution in [-0.4, -0.2) is 5.78 Å². The van der Waals surface area contributed by atoms with Crippen molar-refractivity contribution in [1.29, 1.82) is 0 Å². The average Bonchev–Trinajstić information content (AvgIpc) is 2.11. The maximum absolute atomic E-state index is 13.0. The lowest BCUT2D eigenvalue weighted by Crippen LogP contribution is -2.04. The Hall–Kier alpha value is -0.740. The largest absolute Gasteiger partial charge is 0.294 e. The molecule has 0 amide bonds. The van der Waals surface area contributed by atoms with E-state index in [9.17, 15) is 18.0 Å². The SMILES string of the molecule is CC(=O)c1c(F)c(F)c(Cl)c(F)c1Cl.